The largest absolute Gasteiger partial charge is 0.357 e. The molecule has 0 bridgehead atoms. The number of aryl methyl sites for hydroxylation is 2. The molecule has 0 saturated carbocycles. The van der Waals surface area contributed by atoms with Crippen molar-refractivity contribution in [1.29, 1.82) is 0 Å². The Labute approximate surface area is 252 Å². The number of nitrogens with zero attached hydrogens (tertiary/aromatic N) is 2. The molecule has 4 rings (SSSR count). The minimum absolute atomic E-state index is 0.00232. The van der Waals surface area contributed by atoms with Gasteiger partial charge in [-0.3, -0.25) is 13.9 Å². The highest BCUT2D eigenvalue weighted by Crippen LogP contribution is 2.26. The lowest BCUT2D eigenvalue weighted by Crippen LogP contribution is -2.53. The molecule has 0 spiro atoms. The number of halogens is 1. The van der Waals surface area contributed by atoms with E-state index in [1.54, 1.807) is 24.3 Å². The lowest BCUT2D eigenvalue weighted by atomic mass is 10.0. The minimum atomic E-state index is -4.17. The van der Waals surface area contributed by atoms with Crippen molar-refractivity contribution in [3.05, 3.63) is 130 Å². The molecule has 0 aromatic heterocycles. The van der Waals surface area contributed by atoms with Crippen molar-refractivity contribution in [2.24, 2.45) is 0 Å². The van der Waals surface area contributed by atoms with Crippen LogP contribution in [0.25, 0.3) is 0 Å². The summed E-state index contributed by atoms with van der Waals surface area (Å²) in [5.74, 6) is -0.861. The van der Waals surface area contributed by atoms with Gasteiger partial charge in [0.1, 0.15) is 12.6 Å². The van der Waals surface area contributed by atoms with E-state index in [-0.39, 0.29) is 23.8 Å². The SMILES string of the molecule is CNC(=O)[C@H](Cc1ccccc1)N(Cc1ccc(C)cc1)C(=O)CN(c1ccc(C)cc1)S(=O)(=O)c1ccc(Cl)cc1. The third-order valence-electron chi connectivity index (χ3n) is 6.99. The first kappa shape index (κ1) is 30.8. The normalized spacial score (nSPS) is 11.9. The van der Waals surface area contributed by atoms with Gasteiger partial charge in [0, 0.05) is 25.0 Å². The summed E-state index contributed by atoms with van der Waals surface area (Å²) in [6.45, 7) is 3.47. The molecule has 0 aliphatic carbocycles. The van der Waals surface area contributed by atoms with Gasteiger partial charge in [-0.15, -0.1) is 0 Å². The lowest BCUT2D eigenvalue weighted by molar-refractivity contribution is -0.139. The number of likely N-dealkylation sites (N-methyl/N-ethyl adjacent to an activating group) is 1. The van der Waals surface area contributed by atoms with Crippen molar-refractivity contribution in [3.63, 3.8) is 0 Å². The fraction of sp³-hybridized carbons (Fsp3) is 0.212. The van der Waals surface area contributed by atoms with Gasteiger partial charge in [0.05, 0.1) is 10.6 Å². The summed E-state index contributed by atoms with van der Waals surface area (Å²) < 4.78 is 29.0. The number of nitrogens with one attached hydrogen (secondary N) is 1. The highest BCUT2D eigenvalue weighted by molar-refractivity contribution is 7.92. The number of rotatable bonds is 11. The van der Waals surface area contributed by atoms with E-state index in [0.29, 0.717) is 10.7 Å². The first-order valence-corrected chi connectivity index (χ1v) is 15.4. The second kappa shape index (κ2) is 13.7. The lowest BCUT2D eigenvalue weighted by Gasteiger charge is -2.33. The Kier molecular flexibility index (Phi) is 10.0. The van der Waals surface area contributed by atoms with Gasteiger partial charge < -0.3 is 10.2 Å². The molecule has 0 fully saturated rings. The molecule has 0 aliphatic rings. The van der Waals surface area contributed by atoms with Crippen molar-refractivity contribution in [3.8, 4) is 0 Å². The van der Waals surface area contributed by atoms with Gasteiger partial charge in [0.25, 0.3) is 10.0 Å². The number of benzene rings is 4. The van der Waals surface area contributed by atoms with Crippen molar-refractivity contribution < 1.29 is 18.0 Å². The molecule has 42 heavy (non-hydrogen) atoms. The zero-order valence-corrected chi connectivity index (χ0v) is 25.4. The summed E-state index contributed by atoms with van der Waals surface area (Å²) in [6, 6.07) is 29.0. The molecule has 9 heteroatoms. The van der Waals surface area contributed by atoms with Gasteiger partial charge in [-0.25, -0.2) is 8.42 Å². The van der Waals surface area contributed by atoms with Crippen LogP contribution in [0.4, 0.5) is 5.69 Å². The number of hydrogen-bond donors (Lipinski definition) is 1. The van der Waals surface area contributed by atoms with Gasteiger partial charge in [0.15, 0.2) is 0 Å². The Balaban J connectivity index is 1.77. The van der Waals surface area contributed by atoms with E-state index in [1.807, 2.05) is 68.4 Å². The smallest absolute Gasteiger partial charge is 0.264 e. The van der Waals surface area contributed by atoms with Crippen molar-refractivity contribution in [2.75, 3.05) is 17.9 Å². The molecule has 1 atom stereocenters. The van der Waals surface area contributed by atoms with E-state index in [9.17, 15) is 18.0 Å². The third-order valence-corrected chi connectivity index (χ3v) is 9.03. The van der Waals surface area contributed by atoms with Crippen LogP contribution in [0, 0.1) is 13.8 Å². The predicted molar refractivity (Wildman–Crippen MR) is 167 cm³/mol. The van der Waals surface area contributed by atoms with Gasteiger partial charge in [0.2, 0.25) is 11.8 Å². The van der Waals surface area contributed by atoms with Crippen LogP contribution in [-0.2, 0) is 32.6 Å². The Bertz CT molecular complexity index is 1610. The molecule has 0 saturated heterocycles. The van der Waals surface area contributed by atoms with Crippen molar-refractivity contribution in [2.45, 2.75) is 37.8 Å². The summed E-state index contributed by atoms with van der Waals surface area (Å²) in [5, 5.41) is 3.08. The molecular formula is C33H34ClN3O4S. The first-order valence-electron chi connectivity index (χ1n) is 13.5. The summed E-state index contributed by atoms with van der Waals surface area (Å²) in [5.41, 5.74) is 4.02. The standard InChI is InChI=1S/C33H34ClN3O4S/c1-24-9-13-27(14-10-24)22-36(31(33(39)35-3)21-26-7-5-4-6-8-26)32(38)23-37(29-17-11-25(2)12-18-29)42(40,41)30-19-15-28(34)16-20-30/h4-20,31H,21-23H2,1-3H3,(H,35,39)/t31-/m0/s1. The quantitative estimate of drug-likeness (QED) is 0.244. The Morgan fingerprint density at radius 1 is 0.786 bits per heavy atom. The van der Waals surface area contributed by atoms with Crippen molar-refractivity contribution >= 4 is 39.1 Å². The van der Waals surface area contributed by atoms with E-state index in [1.165, 1.54) is 36.2 Å². The average molecular weight is 604 g/mol. The highest BCUT2D eigenvalue weighted by atomic mass is 35.5. The van der Waals surface area contributed by atoms with Crippen LogP contribution in [0.15, 0.2) is 108 Å². The molecule has 0 heterocycles. The molecule has 7 nitrogen and oxygen atoms in total. The van der Waals surface area contributed by atoms with Gasteiger partial charge in [-0.1, -0.05) is 89.5 Å². The van der Waals surface area contributed by atoms with Crippen LogP contribution in [0.5, 0.6) is 0 Å². The van der Waals surface area contributed by atoms with Gasteiger partial charge in [-0.05, 0) is 61.4 Å². The second-order valence-electron chi connectivity index (χ2n) is 10.1. The Morgan fingerprint density at radius 2 is 1.36 bits per heavy atom. The number of sulfonamides is 1. The topological polar surface area (TPSA) is 86.8 Å². The summed E-state index contributed by atoms with van der Waals surface area (Å²) in [6.07, 6.45) is 0.257. The zero-order valence-electron chi connectivity index (χ0n) is 23.8. The van der Waals surface area contributed by atoms with Crippen LogP contribution in [-0.4, -0.2) is 44.8 Å². The van der Waals surface area contributed by atoms with E-state index < -0.39 is 28.5 Å². The molecule has 0 aliphatic heterocycles. The molecule has 218 valence electrons. The van der Waals surface area contributed by atoms with Crippen LogP contribution in [0.2, 0.25) is 5.02 Å². The van der Waals surface area contributed by atoms with Crippen molar-refractivity contribution in [1.82, 2.24) is 10.2 Å². The summed E-state index contributed by atoms with van der Waals surface area (Å²) in [7, 11) is -2.65. The number of carbonyl (C=O) groups excluding carboxylic acids is 2. The van der Waals surface area contributed by atoms with E-state index in [2.05, 4.69) is 5.32 Å². The molecule has 1 N–H and O–H groups in total. The summed E-state index contributed by atoms with van der Waals surface area (Å²) in [4.78, 5) is 29.0. The number of amides is 2. The first-order chi connectivity index (χ1) is 20.1. The maximum atomic E-state index is 14.3. The highest BCUT2D eigenvalue weighted by Gasteiger charge is 2.34. The van der Waals surface area contributed by atoms with Crippen LogP contribution < -0.4 is 9.62 Å². The third kappa shape index (κ3) is 7.57. The number of hydrogen-bond acceptors (Lipinski definition) is 4. The Morgan fingerprint density at radius 3 is 1.93 bits per heavy atom. The average Bonchev–Trinajstić information content (AvgIpc) is 2.99. The van der Waals surface area contributed by atoms with Gasteiger partial charge >= 0.3 is 0 Å². The minimum Gasteiger partial charge on any atom is -0.357 e. The zero-order chi connectivity index (χ0) is 30.3. The molecule has 2 amide bonds. The monoisotopic (exact) mass is 603 g/mol. The van der Waals surface area contributed by atoms with E-state index in [4.69, 9.17) is 11.6 Å². The second-order valence-corrected chi connectivity index (χ2v) is 12.4. The fourth-order valence-electron chi connectivity index (χ4n) is 4.58. The van der Waals surface area contributed by atoms with Crippen LogP contribution in [0.1, 0.15) is 22.3 Å². The van der Waals surface area contributed by atoms with E-state index in [0.717, 1.165) is 26.6 Å². The number of carbonyl (C=O) groups is 2. The maximum Gasteiger partial charge on any atom is 0.264 e. The Hall–Kier alpha value is -4.14. The number of anilines is 1. The summed E-state index contributed by atoms with van der Waals surface area (Å²) >= 11 is 6.03. The molecule has 4 aromatic carbocycles. The van der Waals surface area contributed by atoms with Crippen LogP contribution in [0.3, 0.4) is 0 Å². The molecule has 4 aromatic rings. The molecular weight excluding hydrogens is 570 g/mol. The fourth-order valence-corrected chi connectivity index (χ4v) is 6.12. The van der Waals surface area contributed by atoms with Gasteiger partial charge in [-0.2, -0.15) is 0 Å². The predicted octanol–water partition coefficient (Wildman–Crippen LogP) is 5.54. The molecule has 0 radical (unpaired) electrons. The van der Waals surface area contributed by atoms with Crippen LogP contribution >= 0.6 is 11.6 Å². The maximum absolute atomic E-state index is 14.3. The van der Waals surface area contributed by atoms with E-state index >= 15 is 0 Å². The molecule has 0 unspecified atom stereocenters.